The Morgan fingerprint density at radius 2 is 1.69 bits per heavy atom. The van der Waals surface area contributed by atoms with E-state index in [9.17, 15) is 4.79 Å². The maximum Gasteiger partial charge on any atom is 0.311 e. The van der Waals surface area contributed by atoms with Crippen molar-refractivity contribution in [2.45, 2.75) is 46.0 Å². The van der Waals surface area contributed by atoms with Crippen LogP contribution in [0.4, 0.5) is 0 Å². The average molecular weight is 356 g/mol. The molecular weight excluding hydrogens is 328 g/mol. The standard InChI is InChI=1S/C22H28O4/c1-6-25-19-13-7-16(15-20(19)24-5)8-14-21(23)26-18-11-9-17(10-12-18)22(2,3)4/h7,9-13,15H,6,8,14H2,1-5H3. The van der Waals surface area contributed by atoms with Crippen molar-refractivity contribution in [3.63, 3.8) is 0 Å². The van der Waals surface area contributed by atoms with Gasteiger partial charge in [0.05, 0.1) is 13.7 Å². The van der Waals surface area contributed by atoms with Gasteiger partial charge in [0, 0.05) is 6.42 Å². The van der Waals surface area contributed by atoms with Gasteiger partial charge in [0.1, 0.15) is 5.75 Å². The third kappa shape index (κ3) is 5.51. The Hall–Kier alpha value is -2.49. The van der Waals surface area contributed by atoms with E-state index in [4.69, 9.17) is 14.2 Å². The minimum absolute atomic E-state index is 0.0786. The Morgan fingerprint density at radius 1 is 1.00 bits per heavy atom. The van der Waals surface area contributed by atoms with Crippen LogP contribution in [0, 0.1) is 0 Å². The summed E-state index contributed by atoms with van der Waals surface area (Å²) < 4.78 is 16.3. The van der Waals surface area contributed by atoms with Crippen molar-refractivity contribution in [3.8, 4) is 17.2 Å². The van der Waals surface area contributed by atoms with Gasteiger partial charge < -0.3 is 14.2 Å². The van der Waals surface area contributed by atoms with E-state index >= 15 is 0 Å². The number of esters is 1. The maximum atomic E-state index is 12.1. The van der Waals surface area contributed by atoms with Gasteiger partial charge in [-0.2, -0.15) is 0 Å². The van der Waals surface area contributed by atoms with Crippen LogP contribution < -0.4 is 14.2 Å². The molecule has 0 radical (unpaired) electrons. The number of hydrogen-bond acceptors (Lipinski definition) is 4. The molecule has 140 valence electrons. The summed E-state index contributed by atoms with van der Waals surface area (Å²) in [6, 6.07) is 13.4. The molecule has 26 heavy (non-hydrogen) atoms. The molecule has 0 saturated carbocycles. The molecule has 0 unspecified atom stereocenters. The largest absolute Gasteiger partial charge is 0.493 e. The maximum absolute atomic E-state index is 12.1. The van der Waals surface area contributed by atoms with Crippen LogP contribution in [0.1, 0.15) is 45.2 Å². The van der Waals surface area contributed by atoms with Crippen LogP contribution >= 0.6 is 0 Å². The first-order valence-corrected chi connectivity index (χ1v) is 8.94. The van der Waals surface area contributed by atoms with E-state index < -0.39 is 0 Å². The minimum atomic E-state index is -0.249. The Bertz CT molecular complexity index is 727. The molecule has 0 atom stereocenters. The molecule has 0 amide bonds. The lowest BCUT2D eigenvalue weighted by molar-refractivity contribution is -0.134. The van der Waals surface area contributed by atoms with Crippen LogP contribution in [0.15, 0.2) is 42.5 Å². The van der Waals surface area contributed by atoms with Gasteiger partial charge in [0.2, 0.25) is 0 Å². The third-order valence-corrected chi connectivity index (χ3v) is 4.10. The van der Waals surface area contributed by atoms with E-state index in [0.29, 0.717) is 36.7 Å². The summed E-state index contributed by atoms with van der Waals surface area (Å²) in [5, 5.41) is 0. The molecule has 0 aliphatic heterocycles. The normalized spacial score (nSPS) is 11.1. The van der Waals surface area contributed by atoms with Gasteiger partial charge in [-0.05, 0) is 54.2 Å². The van der Waals surface area contributed by atoms with E-state index in [0.717, 1.165) is 5.56 Å². The Labute approximate surface area is 156 Å². The second kappa shape index (κ2) is 8.75. The predicted octanol–water partition coefficient (Wildman–Crippen LogP) is 4.93. The Kier molecular flexibility index (Phi) is 6.67. The molecule has 0 aliphatic rings. The smallest absolute Gasteiger partial charge is 0.311 e. The number of aryl methyl sites for hydroxylation is 1. The summed E-state index contributed by atoms with van der Waals surface area (Å²) in [7, 11) is 1.61. The van der Waals surface area contributed by atoms with Crippen molar-refractivity contribution >= 4 is 5.97 Å². The molecule has 4 nitrogen and oxygen atoms in total. The molecular formula is C22H28O4. The lowest BCUT2D eigenvalue weighted by Crippen LogP contribution is -2.12. The molecule has 0 saturated heterocycles. The van der Waals surface area contributed by atoms with Crippen LogP contribution in [-0.4, -0.2) is 19.7 Å². The molecule has 0 N–H and O–H groups in total. The molecule has 0 aromatic heterocycles. The summed E-state index contributed by atoms with van der Waals surface area (Å²) in [5.41, 5.74) is 2.29. The van der Waals surface area contributed by atoms with Gasteiger partial charge in [0.15, 0.2) is 11.5 Å². The first-order chi connectivity index (χ1) is 12.3. The zero-order chi connectivity index (χ0) is 19.2. The van der Waals surface area contributed by atoms with Crippen molar-refractivity contribution < 1.29 is 19.0 Å². The first kappa shape index (κ1) is 19.8. The highest BCUT2D eigenvalue weighted by atomic mass is 16.5. The summed E-state index contributed by atoms with van der Waals surface area (Å²) in [4.78, 5) is 12.1. The molecule has 0 heterocycles. The molecule has 2 aromatic rings. The van der Waals surface area contributed by atoms with E-state index in [1.165, 1.54) is 5.56 Å². The van der Waals surface area contributed by atoms with Crippen molar-refractivity contribution in [1.82, 2.24) is 0 Å². The lowest BCUT2D eigenvalue weighted by Gasteiger charge is -2.19. The molecule has 2 rings (SSSR count). The Morgan fingerprint density at radius 3 is 2.27 bits per heavy atom. The molecule has 2 aromatic carbocycles. The zero-order valence-electron chi connectivity index (χ0n) is 16.3. The Balaban J connectivity index is 1.92. The first-order valence-electron chi connectivity index (χ1n) is 8.94. The zero-order valence-corrected chi connectivity index (χ0v) is 16.3. The van der Waals surface area contributed by atoms with Gasteiger partial charge in [-0.25, -0.2) is 0 Å². The van der Waals surface area contributed by atoms with Crippen molar-refractivity contribution in [2.24, 2.45) is 0 Å². The second-order valence-electron chi connectivity index (χ2n) is 7.17. The third-order valence-electron chi connectivity index (χ3n) is 4.10. The highest BCUT2D eigenvalue weighted by molar-refractivity contribution is 5.72. The fourth-order valence-corrected chi connectivity index (χ4v) is 2.59. The van der Waals surface area contributed by atoms with Crippen molar-refractivity contribution in [3.05, 3.63) is 53.6 Å². The molecule has 0 aliphatic carbocycles. The van der Waals surface area contributed by atoms with Crippen molar-refractivity contribution in [1.29, 1.82) is 0 Å². The van der Waals surface area contributed by atoms with Gasteiger partial charge in [0.25, 0.3) is 0 Å². The predicted molar refractivity (Wildman–Crippen MR) is 103 cm³/mol. The van der Waals surface area contributed by atoms with Crippen LogP contribution in [0.25, 0.3) is 0 Å². The number of methoxy groups -OCH3 is 1. The SMILES string of the molecule is CCOc1ccc(CCC(=O)Oc2ccc(C(C)(C)C)cc2)cc1OC. The van der Waals surface area contributed by atoms with Gasteiger partial charge in [-0.3, -0.25) is 4.79 Å². The molecule has 4 heteroatoms. The second-order valence-corrected chi connectivity index (χ2v) is 7.17. The highest BCUT2D eigenvalue weighted by Gasteiger charge is 2.14. The fraction of sp³-hybridized carbons (Fsp3) is 0.409. The van der Waals surface area contributed by atoms with Crippen LogP contribution in [0.2, 0.25) is 0 Å². The topological polar surface area (TPSA) is 44.8 Å². The molecule has 0 bridgehead atoms. The van der Waals surface area contributed by atoms with E-state index in [2.05, 4.69) is 20.8 Å². The summed E-state index contributed by atoms with van der Waals surface area (Å²) >= 11 is 0. The lowest BCUT2D eigenvalue weighted by atomic mass is 9.87. The number of benzene rings is 2. The average Bonchev–Trinajstić information content (AvgIpc) is 2.60. The van der Waals surface area contributed by atoms with Crippen LogP contribution in [-0.2, 0) is 16.6 Å². The fourth-order valence-electron chi connectivity index (χ4n) is 2.59. The van der Waals surface area contributed by atoms with Gasteiger partial charge >= 0.3 is 5.97 Å². The summed E-state index contributed by atoms with van der Waals surface area (Å²) in [6.45, 7) is 8.96. The quantitative estimate of drug-likeness (QED) is 0.521. The highest BCUT2D eigenvalue weighted by Crippen LogP contribution is 2.28. The number of rotatable bonds is 7. The monoisotopic (exact) mass is 356 g/mol. The molecule has 0 spiro atoms. The number of carbonyl (C=O) groups excluding carboxylic acids is 1. The number of carbonyl (C=O) groups is 1. The summed E-state index contributed by atoms with van der Waals surface area (Å²) in [6.07, 6.45) is 0.889. The van der Waals surface area contributed by atoms with E-state index in [-0.39, 0.29) is 11.4 Å². The van der Waals surface area contributed by atoms with Crippen LogP contribution in [0.5, 0.6) is 17.2 Å². The van der Waals surface area contributed by atoms with Gasteiger partial charge in [-0.15, -0.1) is 0 Å². The van der Waals surface area contributed by atoms with Crippen LogP contribution in [0.3, 0.4) is 0 Å². The van der Waals surface area contributed by atoms with Crippen molar-refractivity contribution in [2.75, 3.05) is 13.7 Å². The summed E-state index contributed by atoms with van der Waals surface area (Å²) in [5.74, 6) is 1.71. The number of ether oxygens (including phenoxy) is 3. The minimum Gasteiger partial charge on any atom is -0.493 e. The van der Waals surface area contributed by atoms with E-state index in [1.807, 2.05) is 49.4 Å². The van der Waals surface area contributed by atoms with E-state index in [1.54, 1.807) is 7.11 Å². The number of hydrogen-bond donors (Lipinski definition) is 0. The van der Waals surface area contributed by atoms with Gasteiger partial charge in [-0.1, -0.05) is 39.0 Å². The molecule has 0 fully saturated rings.